The zero-order valence-electron chi connectivity index (χ0n) is 11.0. The van der Waals surface area contributed by atoms with Crippen molar-refractivity contribution >= 4 is 45.5 Å². The first kappa shape index (κ1) is 15.3. The van der Waals surface area contributed by atoms with E-state index in [9.17, 15) is 14.4 Å². The second-order valence-electron chi connectivity index (χ2n) is 4.14. The fourth-order valence-electron chi connectivity index (χ4n) is 1.51. The van der Waals surface area contributed by atoms with Crippen molar-refractivity contribution in [3.8, 4) is 0 Å². The Morgan fingerprint density at radius 3 is 2.48 bits per heavy atom. The summed E-state index contributed by atoms with van der Waals surface area (Å²) < 4.78 is 0. The summed E-state index contributed by atoms with van der Waals surface area (Å²) >= 11 is 2.36. The van der Waals surface area contributed by atoms with Gasteiger partial charge >= 0.3 is 5.97 Å². The number of carboxylic acids is 1. The van der Waals surface area contributed by atoms with Crippen molar-refractivity contribution in [3.05, 3.63) is 27.2 Å². The molecule has 0 radical (unpaired) electrons. The van der Waals surface area contributed by atoms with Crippen LogP contribution in [0.25, 0.3) is 0 Å². The smallest absolute Gasteiger partial charge is 0.309 e. The highest BCUT2D eigenvalue weighted by atomic mass is 32.1. The summed E-state index contributed by atoms with van der Waals surface area (Å²) in [5.41, 5.74) is 0.914. The van der Waals surface area contributed by atoms with Crippen molar-refractivity contribution in [1.29, 1.82) is 0 Å². The van der Waals surface area contributed by atoms with Crippen LogP contribution in [0.15, 0.2) is 10.8 Å². The van der Waals surface area contributed by atoms with E-state index in [1.807, 2.05) is 0 Å². The molecule has 2 aromatic rings. The van der Waals surface area contributed by atoms with Crippen molar-refractivity contribution in [2.45, 2.75) is 19.8 Å². The second kappa shape index (κ2) is 6.55. The van der Waals surface area contributed by atoms with Gasteiger partial charge in [-0.1, -0.05) is 0 Å². The number of nitrogens with zero attached hydrogens (tertiary/aromatic N) is 2. The van der Waals surface area contributed by atoms with Crippen LogP contribution in [-0.4, -0.2) is 32.7 Å². The largest absolute Gasteiger partial charge is 0.481 e. The van der Waals surface area contributed by atoms with Crippen molar-refractivity contribution in [2.75, 3.05) is 5.32 Å². The molecule has 0 aromatic carbocycles. The van der Waals surface area contributed by atoms with Crippen LogP contribution in [0, 0.1) is 0 Å². The molecule has 0 unspecified atom stereocenters. The van der Waals surface area contributed by atoms with E-state index < -0.39 is 5.97 Å². The molecular weight excluding hydrogens is 314 g/mol. The van der Waals surface area contributed by atoms with Gasteiger partial charge in [0, 0.05) is 17.7 Å². The molecule has 0 bridgehead atoms. The Balaban J connectivity index is 2.00. The summed E-state index contributed by atoms with van der Waals surface area (Å²) in [5.74, 6) is -1.43. The zero-order chi connectivity index (χ0) is 15.4. The molecule has 0 aliphatic heterocycles. The van der Waals surface area contributed by atoms with Gasteiger partial charge in [-0.05, 0) is 0 Å². The topological polar surface area (TPSA) is 109 Å². The van der Waals surface area contributed by atoms with Gasteiger partial charge in [0.05, 0.1) is 24.2 Å². The molecule has 2 heterocycles. The fraction of sp³-hybridized carbons (Fsp3) is 0.250. The average Bonchev–Trinajstić information content (AvgIpc) is 2.97. The molecule has 0 aliphatic rings. The number of thiazole rings is 2. The third kappa shape index (κ3) is 4.43. The van der Waals surface area contributed by atoms with Crippen molar-refractivity contribution in [2.24, 2.45) is 0 Å². The van der Waals surface area contributed by atoms with Crippen LogP contribution < -0.4 is 5.32 Å². The van der Waals surface area contributed by atoms with Gasteiger partial charge in [-0.2, -0.15) is 0 Å². The Kier molecular flexibility index (Phi) is 4.76. The number of rotatable bonds is 6. The SMILES string of the molecule is CC(=O)Nc1nc(CC(=O)c2nc(CC(=O)O)cs2)cs1. The monoisotopic (exact) mass is 325 g/mol. The number of hydrogen-bond donors (Lipinski definition) is 2. The maximum atomic E-state index is 12.0. The molecule has 21 heavy (non-hydrogen) atoms. The summed E-state index contributed by atoms with van der Waals surface area (Å²) in [7, 11) is 0. The molecule has 110 valence electrons. The quantitative estimate of drug-likeness (QED) is 0.781. The minimum atomic E-state index is -0.987. The van der Waals surface area contributed by atoms with Crippen molar-refractivity contribution in [3.63, 3.8) is 0 Å². The minimum Gasteiger partial charge on any atom is -0.481 e. The van der Waals surface area contributed by atoms with Gasteiger partial charge < -0.3 is 10.4 Å². The van der Waals surface area contributed by atoms with Crippen LogP contribution >= 0.6 is 22.7 Å². The van der Waals surface area contributed by atoms with Gasteiger partial charge in [-0.25, -0.2) is 9.97 Å². The van der Waals surface area contributed by atoms with Crippen LogP contribution in [0.4, 0.5) is 5.13 Å². The van der Waals surface area contributed by atoms with Crippen LogP contribution in [-0.2, 0) is 22.4 Å². The Morgan fingerprint density at radius 2 is 1.81 bits per heavy atom. The number of aliphatic carboxylic acids is 1. The Bertz CT molecular complexity index is 692. The summed E-state index contributed by atoms with van der Waals surface area (Å²) in [4.78, 5) is 41.6. The summed E-state index contributed by atoms with van der Waals surface area (Å²) in [6, 6.07) is 0. The van der Waals surface area contributed by atoms with Crippen LogP contribution in [0.1, 0.15) is 28.1 Å². The van der Waals surface area contributed by atoms with Crippen LogP contribution in [0.2, 0.25) is 0 Å². The van der Waals surface area contributed by atoms with Gasteiger partial charge in [0.15, 0.2) is 15.9 Å². The molecule has 2 N–H and O–H groups in total. The molecule has 1 amide bonds. The molecule has 0 aliphatic carbocycles. The van der Waals surface area contributed by atoms with E-state index in [2.05, 4.69) is 15.3 Å². The highest BCUT2D eigenvalue weighted by Gasteiger charge is 2.15. The maximum Gasteiger partial charge on any atom is 0.309 e. The van der Waals surface area contributed by atoms with Crippen molar-refractivity contribution in [1.82, 2.24) is 9.97 Å². The third-order valence-electron chi connectivity index (χ3n) is 2.30. The first-order valence-electron chi connectivity index (χ1n) is 5.85. The summed E-state index contributed by atoms with van der Waals surface area (Å²) in [6.07, 6.45) is -0.136. The fourth-order valence-corrected chi connectivity index (χ4v) is 3.02. The maximum absolute atomic E-state index is 12.0. The lowest BCUT2D eigenvalue weighted by molar-refractivity contribution is -0.136. The van der Waals surface area contributed by atoms with E-state index in [1.165, 1.54) is 18.3 Å². The number of Topliss-reactive ketones (excluding diaryl/α,β-unsaturated/α-hetero) is 1. The first-order chi connectivity index (χ1) is 9.94. The summed E-state index contributed by atoms with van der Waals surface area (Å²) in [5, 5.41) is 15.2. The Morgan fingerprint density at radius 1 is 1.14 bits per heavy atom. The lowest BCUT2D eigenvalue weighted by Crippen LogP contribution is -2.07. The van der Waals surface area contributed by atoms with Gasteiger partial charge in [-0.15, -0.1) is 22.7 Å². The molecule has 2 rings (SSSR count). The molecule has 2 aromatic heterocycles. The number of carbonyl (C=O) groups excluding carboxylic acids is 2. The lowest BCUT2D eigenvalue weighted by Gasteiger charge is -1.95. The molecule has 9 heteroatoms. The molecule has 0 fully saturated rings. The lowest BCUT2D eigenvalue weighted by atomic mass is 10.2. The van der Waals surface area contributed by atoms with E-state index >= 15 is 0 Å². The van der Waals surface area contributed by atoms with E-state index in [-0.39, 0.29) is 29.5 Å². The Hall–Kier alpha value is -2.13. The minimum absolute atomic E-state index is 0.0656. The van der Waals surface area contributed by atoms with E-state index in [4.69, 9.17) is 5.11 Å². The molecule has 7 nitrogen and oxygen atoms in total. The summed E-state index contributed by atoms with van der Waals surface area (Å²) in [6.45, 7) is 1.38. The molecule has 0 atom stereocenters. The number of nitrogens with one attached hydrogen (secondary N) is 1. The molecule has 0 saturated carbocycles. The number of ketones is 1. The zero-order valence-corrected chi connectivity index (χ0v) is 12.6. The molecule has 0 saturated heterocycles. The van der Waals surface area contributed by atoms with Gasteiger partial charge in [0.1, 0.15) is 0 Å². The number of carbonyl (C=O) groups is 3. The van der Waals surface area contributed by atoms with Gasteiger partial charge in [0.25, 0.3) is 0 Å². The molecule has 0 spiro atoms. The van der Waals surface area contributed by atoms with E-state index in [0.29, 0.717) is 16.5 Å². The normalized spacial score (nSPS) is 10.3. The first-order valence-corrected chi connectivity index (χ1v) is 7.61. The second-order valence-corrected chi connectivity index (χ2v) is 5.86. The highest BCUT2D eigenvalue weighted by molar-refractivity contribution is 7.14. The van der Waals surface area contributed by atoms with Crippen LogP contribution in [0.5, 0.6) is 0 Å². The van der Waals surface area contributed by atoms with Gasteiger partial charge in [0.2, 0.25) is 5.91 Å². The molecular formula is C12H11N3O4S2. The van der Waals surface area contributed by atoms with Crippen LogP contribution in [0.3, 0.4) is 0 Å². The number of carboxylic acid groups (broad SMARTS) is 1. The van der Waals surface area contributed by atoms with Crippen molar-refractivity contribution < 1.29 is 19.5 Å². The highest BCUT2D eigenvalue weighted by Crippen LogP contribution is 2.18. The number of hydrogen-bond acceptors (Lipinski definition) is 7. The number of amides is 1. The standard InChI is InChI=1S/C12H11N3O4S2/c1-6(16)13-12-15-7(5-21-12)2-9(17)11-14-8(4-20-11)3-10(18)19/h4-5H,2-3H2,1H3,(H,18,19)(H,13,15,16). The van der Waals surface area contributed by atoms with E-state index in [0.717, 1.165) is 11.3 Å². The average molecular weight is 325 g/mol. The van der Waals surface area contributed by atoms with E-state index in [1.54, 1.807) is 10.8 Å². The Labute approximate surface area is 127 Å². The number of aromatic nitrogens is 2. The predicted octanol–water partition coefficient (Wildman–Crippen LogP) is 1.61. The van der Waals surface area contributed by atoms with Gasteiger partial charge in [-0.3, -0.25) is 14.4 Å². The number of anilines is 1. The third-order valence-corrected chi connectivity index (χ3v) is 4.04. The predicted molar refractivity (Wildman–Crippen MR) is 77.9 cm³/mol.